The highest BCUT2D eigenvalue weighted by molar-refractivity contribution is 6.20. The molecule has 1 aliphatic rings. The van der Waals surface area contributed by atoms with Crippen molar-refractivity contribution in [3.63, 3.8) is 0 Å². The first-order valence-electron chi connectivity index (χ1n) is 3.34. The third-order valence-corrected chi connectivity index (χ3v) is 1.97. The Morgan fingerprint density at radius 1 is 1.56 bits per heavy atom. The van der Waals surface area contributed by atoms with Gasteiger partial charge in [-0.15, -0.1) is 11.6 Å². The summed E-state index contributed by atoms with van der Waals surface area (Å²) in [7, 11) is 0. The summed E-state index contributed by atoms with van der Waals surface area (Å²) in [6.45, 7) is 2.11. The van der Waals surface area contributed by atoms with E-state index in [2.05, 4.69) is 12.2 Å². The van der Waals surface area contributed by atoms with Crippen LogP contribution in [0.3, 0.4) is 0 Å². The monoisotopic (exact) mass is 148 g/mol. The summed E-state index contributed by atoms with van der Waals surface area (Å²) >= 11 is 5.89. The Labute approximate surface area is 60.8 Å². The second kappa shape index (κ2) is 2.86. The van der Waals surface area contributed by atoms with Gasteiger partial charge in [-0.1, -0.05) is 0 Å². The molecule has 2 nitrogen and oxygen atoms in total. The van der Waals surface area contributed by atoms with Gasteiger partial charge in [-0.2, -0.15) is 0 Å². The molecule has 3 N–H and O–H groups in total. The quantitative estimate of drug-likeness (QED) is 0.495. The Morgan fingerprint density at radius 2 is 2.22 bits per heavy atom. The molecule has 1 rings (SSSR count). The van der Waals surface area contributed by atoms with Crippen molar-refractivity contribution in [1.29, 1.82) is 0 Å². The Morgan fingerprint density at radius 3 is 2.67 bits per heavy atom. The van der Waals surface area contributed by atoms with Crippen LogP contribution in [0.15, 0.2) is 0 Å². The molecule has 0 aromatic rings. The van der Waals surface area contributed by atoms with Crippen molar-refractivity contribution in [3.8, 4) is 0 Å². The topological polar surface area (TPSA) is 38.0 Å². The van der Waals surface area contributed by atoms with E-state index in [9.17, 15) is 0 Å². The van der Waals surface area contributed by atoms with Crippen molar-refractivity contribution in [2.75, 3.05) is 0 Å². The van der Waals surface area contributed by atoms with E-state index in [1.54, 1.807) is 0 Å². The standard InChI is InChI=1S/C6H13ClN2/c1-4-2-5(7)3-6(8)9-4/h4-6,9H,2-3,8H2,1H3. The lowest BCUT2D eigenvalue weighted by Crippen LogP contribution is -2.49. The number of halogens is 1. The van der Waals surface area contributed by atoms with Crippen LogP contribution in [-0.2, 0) is 0 Å². The van der Waals surface area contributed by atoms with Crippen LogP contribution in [0.4, 0.5) is 0 Å². The molecule has 9 heavy (non-hydrogen) atoms. The second-order valence-electron chi connectivity index (χ2n) is 2.74. The molecule has 54 valence electrons. The maximum Gasteiger partial charge on any atom is 0.0562 e. The molecule has 1 fully saturated rings. The number of piperidine rings is 1. The molecule has 0 aromatic carbocycles. The van der Waals surface area contributed by atoms with Crippen LogP contribution in [-0.4, -0.2) is 17.6 Å². The number of nitrogens with two attached hydrogens (primary N) is 1. The van der Waals surface area contributed by atoms with Crippen molar-refractivity contribution in [2.24, 2.45) is 5.73 Å². The Kier molecular flexibility index (Phi) is 2.33. The predicted octanol–water partition coefficient (Wildman–Crippen LogP) is 0.651. The molecule has 0 saturated carbocycles. The minimum absolute atomic E-state index is 0.108. The number of hydrogen-bond donors (Lipinski definition) is 2. The fraction of sp³-hybridized carbons (Fsp3) is 1.00. The number of rotatable bonds is 0. The number of hydrogen-bond acceptors (Lipinski definition) is 2. The van der Waals surface area contributed by atoms with Gasteiger partial charge >= 0.3 is 0 Å². The van der Waals surface area contributed by atoms with Gasteiger partial charge < -0.3 is 5.73 Å². The fourth-order valence-corrected chi connectivity index (χ4v) is 1.72. The molecule has 0 spiro atoms. The van der Waals surface area contributed by atoms with Gasteiger partial charge in [0, 0.05) is 11.4 Å². The van der Waals surface area contributed by atoms with Crippen LogP contribution in [0.5, 0.6) is 0 Å². The van der Waals surface area contributed by atoms with Gasteiger partial charge in [-0.25, -0.2) is 0 Å². The smallest absolute Gasteiger partial charge is 0.0562 e. The average molecular weight is 149 g/mol. The van der Waals surface area contributed by atoms with Crippen molar-refractivity contribution < 1.29 is 0 Å². The first kappa shape index (κ1) is 7.32. The number of nitrogens with one attached hydrogen (secondary N) is 1. The van der Waals surface area contributed by atoms with E-state index in [0.29, 0.717) is 6.04 Å². The second-order valence-corrected chi connectivity index (χ2v) is 3.36. The molecule has 3 atom stereocenters. The molecule has 0 bridgehead atoms. The highest BCUT2D eigenvalue weighted by Crippen LogP contribution is 2.15. The van der Waals surface area contributed by atoms with Gasteiger partial charge in [0.05, 0.1) is 6.17 Å². The summed E-state index contributed by atoms with van der Waals surface area (Å²) in [6, 6.07) is 0.483. The summed E-state index contributed by atoms with van der Waals surface area (Å²) in [5.41, 5.74) is 5.62. The van der Waals surface area contributed by atoms with Crippen molar-refractivity contribution in [3.05, 3.63) is 0 Å². The summed E-state index contributed by atoms with van der Waals surface area (Å²) in [5, 5.41) is 3.48. The van der Waals surface area contributed by atoms with Gasteiger partial charge in [-0.05, 0) is 19.8 Å². The summed E-state index contributed by atoms with van der Waals surface area (Å²) < 4.78 is 0. The van der Waals surface area contributed by atoms with E-state index in [0.717, 1.165) is 12.8 Å². The molecule has 0 aromatic heterocycles. The molecule has 0 amide bonds. The molecule has 1 saturated heterocycles. The Hall–Kier alpha value is 0.210. The lowest BCUT2D eigenvalue weighted by Gasteiger charge is -2.29. The molecule has 1 heterocycles. The summed E-state index contributed by atoms with van der Waals surface area (Å²) in [5.74, 6) is 0. The van der Waals surface area contributed by atoms with Gasteiger partial charge in [-0.3, -0.25) is 5.32 Å². The molecule has 0 radical (unpaired) electrons. The maximum absolute atomic E-state index is 5.89. The lowest BCUT2D eigenvalue weighted by atomic mass is 10.0. The van der Waals surface area contributed by atoms with Crippen LogP contribution in [0.1, 0.15) is 19.8 Å². The van der Waals surface area contributed by atoms with Crippen LogP contribution >= 0.6 is 11.6 Å². The van der Waals surface area contributed by atoms with E-state index in [-0.39, 0.29) is 11.5 Å². The molecular weight excluding hydrogens is 136 g/mol. The molecule has 0 aliphatic carbocycles. The van der Waals surface area contributed by atoms with Gasteiger partial charge in [0.1, 0.15) is 0 Å². The van der Waals surface area contributed by atoms with Gasteiger partial charge in [0.25, 0.3) is 0 Å². The van der Waals surface area contributed by atoms with Gasteiger partial charge in [0.2, 0.25) is 0 Å². The zero-order chi connectivity index (χ0) is 6.85. The van der Waals surface area contributed by atoms with E-state index in [1.165, 1.54) is 0 Å². The van der Waals surface area contributed by atoms with Crippen LogP contribution in [0.2, 0.25) is 0 Å². The SMILES string of the molecule is CC1CC(Cl)CC(N)N1. The minimum Gasteiger partial charge on any atom is -0.316 e. The normalized spacial score (nSPS) is 45.0. The highest BCUT2D eigenvalue weighted by Gasteiger charge is 2.20. The zero-order valence-corrected chi connectivity index (χ0v) is 6.36. The van der Waals surface area contributed by atoms with Crippen molar-refractivity contribution >= 4 is 11.6 Å². The lowest BCUT2D eigenvalue weighted by molar-refractivity contribution is 0.346. The zero-order valence-electron chi connectivity index (χ0n) is 5.60. The predicted molar refractivity (Wildman–Crippen MR) is 39.4 cm³/mol. The maximum atomic E-state index is 5.89. The van der Waals surface area contributed by atoms with Gasteiger partial charge in [0.15, 0.2) is 0 Å². The van der Waals surface area contributed by atoms with Crippen molar-refractivity contribution in [2.45, 2.75) is 37.4 Å². The third-order valence-electron chi connectivity index (χ3n) is 1.62. The first-order valence-corrected chi connectivity index (χ1v) is 3.78. The largest absolute Gasteiger partial charge is 0.316 e. The molecular formula is C6H13ClN2. The summed E-state index contributed by atoms with van der Waals surface area (Å²) in [6.07, 6.45) is 2.04. The molecule has 1 aliphatic heterocycles. The Balaban J connectivity index is 2.34. The first-order chi connectivity index (χ1) is 4.18. The van der Waals surface area contributed by atoms with Crippen molar-refractivity contribution in [1.82, 2.24) is 5.32 Å². The van der Waals surface area contributed by atoms with E-state index >= 15 is 0 Å². The summed E-state index contributed by atoms with van der Waals surface area (Å²) in [4.78, 5) is 0. The van der Waals surface area contributed by atoms with Crippen LogP contribution in [0.25, 0.3) is 0 Å². The average Bonchev–Trinajstić information content (AvgIpc) is 1.59. The minimum atomic E-state index is 0.108. The molecule has 3 unspecified atom stereocenters. The number of alkyl halides is 1. The van der Waals surface area contributed by atoms with E-state index < -0.39 is 0 Å². The van der Waals surface area contributed by atoms with E-state index in [4.69, 9.17) is 17.3 Å². The highest BCUT2D eigenvalue weighted by atomic mass is 35.5. The molecule has 3 heteroatoms. The third kappa shape index (κ3) is 2.12. The Bertz CT molecular complexity index is 72.0. The fourth-order valence-electron chi connectivity index (χ4n) is 1.26. The van der Waals surface area contributed by atoms with Crippen LogP contribution < -0.4 is 11.1 Å². The van der Waals surface area contributed by atoms with E-state index in [1.807, 2.05) is 0 Å². The van der Waals surface area contributed by atoms with Crippen LogP contribution in [0, 0.1) is 0 Å².